The van der Waals surface area contributed by atoms with Crippen molar-refractivity contribution in [2.45, 2.75) is 6.92 Å². The topological polar surface area (TPSA) is 47.3 Å². The van der Waals surface area contributed by atoms with Gasteiger partial charge in [-0.15, -0.1) is 0 Å². The molecular weight excluding hydrogens is 154 g/mol. The Labute approximate surface area is 68.9 Å². The van der Waals surface area contributed by atoms with Crippen LogP contribution in [0.4, 0.5) is 0 Å². The molecule has 0 aliphatic carbocycles. The number of carbonyl (C=O) groups is 1. The minimum Gasteiger partial charge on any atom is -0.294 e. The summed E-state index contributed by atoms with van der Waals surface area (Å²) in [6, 6.07) is 0. The van der Waals surface area contributed by atoms with Crippen LogP contribution in [0, 0.1) is 0 Å². The largest absolute Gasteiger partial charge is 0.294 e. The van der Waals surface area contributed by atoms with Crippen molar-refractivity contribution in [3.8, 4) is 0 Å². The molecular formula is C8H7N3O. The van der Waals surface area contributed by atoms with Crippen LogP contribution >= 0.6 is 0 Å². The molecule has 0 fully saturated rings. The number of rotatable bonds is 1. The zero-order chi connectivity index (χ0) is 8.55. The fraction of sp³-hybridized carbons (Fsp3) is 0.125. The number of ketones is 1. The summed E-state index contributed by atoms with van der Waals surface area (Å²) in [5.74, 6) is -0.00824. The average Bonchev–Trinajstić information content (AvgIpc) is 2.49. The highest BCUT2D eigenvalue weighted by molar-refractivity contribution is 5.92. The molecule has 2 rings (SSSR count). The Bertz CT molecular complexity index is 433. The second-order valence-electron chi connectivity index (χ2n) is 2.50. The van der Waals surface area contributed by atoms with E-state index in [2.05, 4.69) is 9.97 Å². The van der Waals surface area contributed by atoms with Gasteiger partial charge in [-0.05, 0) is 0 Å². The van der Waals surface area contributed by atoms with Crippen LogP contribution in [0.1, 0.15) is 17.4 Å². The van der Waals surface area contributed by atoms with Gasteiger partial charge in [-0.25, -0.2) is 4.98 Å². The highest BCUT2D eigenvalue weighted by atomic mass is 16.1. The molecule has 0 unspecified atom stereocenters. The van der Waals surface area contributed by atoms with Crippen LogP contribution in [0.3, 0.4) is 0 Å². The molecule has 0 saturated carbocycles. The van der Waals surface area contributed by atoms with Gasteiger partial charge < -0.3 is 0 Å². The van der Waals surface area contributed by atoms with Gasteiger partial charge in [0.05, 0.1) is 12.4 Å². The monoisotopic (exact) mass is 161 g/mol. The molecule has 0 N–H and O–H groups in total. The molecule has 12 heavy (non-hydrogen) atoms. The van der Waals surface area contributed by atoms with Crippen molar-refractivity contribution in [1.82, 2.24) is 14.4 Å². The number of carbonyl (C=O) groups excluding carboxylic acids is 1. The minimum absolute atomic E-state index is 0.00824. The third-order valence-electron chi connectivity index (χ3n) is 1.68. The lowest BCUT2D eigenvalue weighted by Gasteiger charge is -1.98. The summed E-state index contributed by atoms with van der Waals surface area (Å²) in [4.78, 5) is 19.0. The Balaban J connectivity index is 2.82. The van der Waals surface area contributed by atoms with E-state index in [1.807, 2.05) is 0 Å². The molecule has 60 valence electrons. The van der Waals surface area contributed by atoms with Gasteiger partial charge in [-0.2, -0.15) is 0 Å². The first kappa shape index (κ1) is 6.97. The molecule has 2 heterocycles. The predicted octanol–water partition coefficient (Wildman–Crippen LogP) is 0.932. The standard InChI is InChI=1S/C8H7N3O/c1-6(12)7-4-9-5-8-10-2-3-11(7)8/h2-5H,1H3. The average molecular weight is 161 g/mol. The van der Waals surface area contributed by atoms with Gasteiger partial charge in [0.15, 0.2) is 11.4 Å². The van der Waals surface area contributed by atoms with Gasteiger partial charge in [0.1, 0.15) is 5.69 Å². The summed E-state index contributed by atoms with van der Waals surface area (Å²) in [6.45, 7) is 1.51. The highest BCUT2D eigenvalue weighted by Crippen LogP contribution is 2.03. The maximum atomic E-state index is 11.1. The van der Waals surface area contributed by atoms with Crippen molar-refractivity contribution < 1.29 is 4.79 Å². The Hall–Kier alpha value is -1.71. The van der Waals surface area contributed by atoms with Crippen molar-refractivity contribution in [2.24, 2.45) is 0 Å². The summed E-state index contributed by atoms with van der Waals surface area (Å²) in [6.07, 6.45) is 6.54. The van der Waals surface area contributed by atoms with Crippen molar-refractivity contribution in [3.63, 3.8) is 0 Å². The number of hydrogen-bond acceptors (Lipinski definition) is 3. The molecule has 0 atom stereocenters. The van der Waals surface area contributed by atoms with Crippen molar-refractivity contribution in [2.75, 3.05) is 0 Å². The normalized spacial score (nSPS) is 10.4. The quantitative estimate of drug-likeness (QED) is 0.584. The highest BCUT2D eigenvalue weighted by Gasteiger charge is 2.04. The number of imidazole rings is 1. The summed E-state index contributed by atoms with van der Waals surface area (Å²) < 4.78 is 1.72. The lowest BCUT2D eigenvalue weighted by molar-refractivity contribution is 0.101. The van der Waals surface area contributed by atoms with E-state index in [0.717, 1.165) is 0 Å². The summed E-state index contributed by atoms with van der Waals surface area (Å²) in [7, 11) is 0. The zero-order valence-electron chi connectivity index (χ0n) is 6.56. The predicted molar refractivity (Wildman–Crippen MR) is 43.0 cm³/mol. The summed E-state index contributed by atoms with van der Waals surface area (Å²) >= 11 is 0. The molecule has 0 spiro atoms. The van der Waals surface area contributed by atoms with Crippen LogP contribution in [0.15, 0.2) is 24.8 Å². The Morgan fingerprint density at radius 3 is 3.08 bits per heavy atom. The second-order valence-corrected chi connectivity index (χ2v) is 2.50. The third kappa shape index (κ3) is 0.887. The van der Waals surface area contributed by atoms with Gasteiger partial charge in [-0.1, -0.05) is 0 Å². The Kier molecular flexibility index (Phi) is 1.40. The van der Waals surface area contributed by atoms with Crippen molar-refractivity contribution in [3.05, 3.63) is 30.5 Å². The van der Waals surface area contributed by atoms with E-state index in [1.54, 1.807) is 23.0 Å². The first-order valence-corrected chi connectivity index (χ1v) is 3.57. The van der Waals surface area contributed by atoms with Gasteiger partial charge in [0, 0.05) is 19.3 Å². The van der Waals surface area contributed by atoms with E-state index in [0.29, 0.717) is 11.3 Å². The van der Waals surface area contributed by atoms with Crippen molar-refractivity contribution in [1.29, 1.82) is 0 Å². The molecule has 0 aromatic carbocycles. The number of fused-ring (bicyclic) bond motifs is 1. The van der Waals surface area contributed by atoms with E-state index in [1.165, 1.54) is 13.1 Å². The first-order chi connectivity index (χ1) is 5.79. The Morgan fingerprint density at radius 1 is 1.50 bits per heavy atom. The van der Waals surface area contributed by atoms with Crippen LogP contribution in [0.2, 0.25) is 0 Å². The van der Waals surface area contributed by atoms with E-state index in [9.17, 15) is 4.79 Å². The molecule has 0 bridgehead atoms. The van der Waals surface area contributed by atoms with E-state index in [-0.39, 0.29) is 5.78 Å². The van der Waals surface area contributed by atoms with Gasteiger partial charge in [0.25, 0.3) is 0 Å². The molecule has 2 aromatic heterocycles. The first-order valence-electron chi connectivity index (χ1n) is 3.57. The smallest absolute Gasteiger partial charge is 0.178 e. The molecule has 0 aliphatic heterocycles. The van der Waals surface area contributed by atoms with Gasteiger partial charge >= 0.3 is 0 Å². The van der Waals surface area contributed by atoms with Crippen molar-refractivity contribution >= 4 is 11.4 Å². The van der Waals surface area contributed by atoms with E-state index < -0.39 is 0 Å². The number of hydrogen-bond donors (Lipinski definition) is 0. The maximum Gasteiger partial charge on any atom is 0.178 e. The van der Waals surface area contributed by atoms with Crippen LogP contribution in [0.5, 0.6) is 0 Å². The zero-order valence-corrected chi connectivity index (χ0v) is 6.56. The fourth-order valence-corrected chi connectivity index (χ4v) is 1.11. The molecule has 0 amide bonds. The van der Waals surface area contributed by atoms with E-state index in [4.69, 9.17) is 0 Å². The fourth-order valence-electron chi connectivity index (χ4n) is 1.11. The van der Waals surface area contributed by atoms with Crippen LogP contribution in [-0.2, 0) is 0 Å². The molecule has 4 heteroatoms. The SMILES string of the molecule is CC(=O)c1cncc2nccn12. The molecule has 0 saturated heterocycles. The Morgan fingerprint density at radius 2 is 2.33 bits per heavy atom. The number of Topliss-reactive ketones (excluding diaryl/α,β-unsaturated/α-hetero) is 1. The van der Waals surface area contributed by atoms with Crippen LogP contribution in [0.25, 0.3) is 5.65 Å². The van der Waals surface area contributed by atoms with Crippen LogP contribution in [-0.4, -0.2) is 20.2 Å². The van der Waals surface area contributed by atoms with E-state index >= 15 is 0 Å². The minimum atomic E-state index is -0.00824. The second kappa shape index (κ2) is 2.41. The molecule has 4 nitrogen and oxygen atoms in total. The van der Waals surface area contributed by atoms with Gasteiger partial charge in [0.2, 0.25) is 0 Å². The third-order valence-corrected chi connectivity index (χ3v) is 1.68. The number of aromatic nitrogens is 3. The summed E-state index contributed by atoms with van der Waals surface area (Å²) in [5.41, 5.74) is 1.26. The van der Waals surface area contributed by atoms with Crippen LogP contribution < -0.4 is 0 Å². The molecule has 0 radical (unpaired) electrons. The maximum absolute atomic E-state index is 11.1. The lowest BCUT2D eigenvalue weighted by Crippen LogP contribution is -2.01. The number of nitrogens with zero attached hydrogens (tertiary/aromatic N) is 3. The van der Waals surface area contributed by atoms with Gasteiger partial charge in [-0.3, -0.25) is 14.2 Å². The lowest BCUT2D eigenvalue weighted by atomic mass is 10.3. The molecule has 2 aromatic rings. The molecule has 0 aliphatic rings. The summed E-state index contributed by atoms with van der Waals surface area (Å²) in [5, 5.41) is 0.